The maximum absolute atomic E-state index is 5.88. The van der Waals surface area contributed by atoms with Crippen molar-refractivity contribution in [2.75, 3.05) is 26.6 Å². The number of hydrogen-bond acceptors (Lipinski definition) is 4. The van der Waals surface area contributed by atoms with Gasteiger partial charge in [0.2, 0.25) is 6.79 Å². The average molecular weight is 194 g/mol. The molecule has 0 aliphatic carbocycles. The molecule has 2 rings (SSSR count). The SMILES string of the molecule is CN(C)Cc1cc2c(cc1N)OCO2. The zero-order valence-electron chi connectivity index (χ0n) is 8.41. The number of benzene rings is 1. The molecule has 0 saturated carbocycles. The minimum atomic E-state index is 0.292. The fourth-order valence-corrected chi connectivity index (χ4v) is 1.48. The van der Waals surface area contributed by atoms with Crippen LogP contribution in [0.4, 0.5) is 5.69 Å². The van der Waals surface area contributed by atoms with Gasteiger partial charge in [-0.1, -0.05) is 0 Å². The molecule has 0 aromatic heterocycles. The minimum absolute atomic E-state index is 0.292. The lowest BCUT2D eigenvalue weighted by Gasteiger charge is -2.12. The van der Waals surface area contributed by atoms with E-state index in [1.165, 1.54) is 0 Å². The van der Waals surface area contributed by atoms with Crippen molar-refractivity contribution in [3.63, 3.8) is 0 Å². The van der Waals surface area contributed by atoms with Crippen LogP contribution in [-0.2, 0) is 6.54 Å². The van der Waals surface area contributed by atoms with Crippen molar-refractivity contribution in [1.82, 2.24) is 4.90 Å². The van der Waals surface area contributed by atoms with Gasteiger partial charge >= 0.3 is 0 Å². The summed E-state index contributed by atoms with van der Waals surface area (Å²) in [6.07, 6.45) is 0. The molecule has 76 valence electrons. The number of fused-ring (bicyclic) bond motifs is 1. The summed E-state index contributed by atoms with van der Waals surface area (Å²) in [6, 6.07) is 3.76. The lowest BCUT2D eigenvalue weighted by molar-refractivity contribution is 0.174. The Morgan fingerprint density at radius 3 is 2.57 bits per heavy atom. The summed E-state index contributed by atoms with van der Waals surface area (Å²) in [5, 5.41) is 0. The number of ether oxygens (including phenoxy) is 2. The fraction of sp³-hybridized carbons (Fsp3) is 0.400. The Kier molecular flexibility index (Phi) is 2.21. The van der Waals surface area contributed by atoms with Gasteiger partial charge in [-0.3, -0.25) is 0 Å². The molecule has 4 heteroatoms. The molecule has 1 aromatic rings. The van der Waals surface area contributed by atoms with Gasteiger partial charge in [0.25, 0.3) is 0 Å². The normalized spacial score (nSPS) is 13.6. The molecule has 0 amide bonds. The molecule has 14 heavy (non-hydrogen) atoms. The average Bonchev–Trinajstić information content (AvgIpc) is 2.51. The van der Waals surface area contributed by atoms with Crippen LogP contribution in [0.1, 0.15) is 5.56 Å². The monoisotopic (exact) mass is 194 g/mol. The largest absolute Gasteiger partial charge is 0.454 e. The van der Waals surface area contributed by atoms with E-state index in [2.05, 4.69) is 4.90 Å². The van der Waals surface area contributed by atoms with E-state index in [4.69, 9.17) is 15.2 Å². The summed E-state index contributed by atoms with van der Waals surface area (Å²) < 4.78 is 10.5. The second-order valence-corrected chi connectivity index (χ2v) is 3.64. The highest BCUT2D eigenvalue weighted by Crippen LogP contribution is 2.36. The predicted molar refractivity (Wildman–Crippen MR) is 54.4 cm³/mol. The first-order valence-corrected chi connectivity index (χ1v) is 4.49. The quantitative estimate of drug-likeness (QED) is 0.715. The zero-order valence-corrected chi connectivity index (χ0v) is 8.41. The zero-order chi connectivity index (χ0) is 10.1. The Hall–Kier alpha value is -1.42. The molecule has 0 atom stereocenters. The molecular formula is C10H14N2O2. The van der Waals surface area contributed by atoms with Crippen LogP contribution in [-0.4, -0.2) is 25.8 Å². The van der Waals surface area contributed by atoms with E-state index in [-0.39, 0.29) is 0 Å². The van der Waals surface area contributed by atoms with Gasteiger partial charge in [-0.15, -0.1) is 0 Å². The van der Waals surface area contributed by atoms with Crippen LogP contribution in [0.25, 0.3) is 0 Å². The lowest BCUT2D eigenvalue weighted by atomic mass is 10.1. The summed E-state index contributed by atoms with van der Waals surface area (Å²) in [6.45, 7) is 1.10. The fourth-order valence-electron chi connectivity index (χ4n) is 1.48. The van der Waals surface area contributed by atoms with Crippen molar-refractivity contribution >= 4 is 5.69 Å². The van der Waals surface area contributed by atoms with Gasteiger partial charge in [0.1, 0.15) is 0 Å². The molecule has 1 aromatic carbocycles. The van der Waals surface area contributed by atoms with E-state index in [9.17, 15) is 0 Å². The second-order valence-electron chi connectivity index (χ2n) is 3.64. The van der Waals surface area contributed by atoms with Gasteiger partial charge in [-0.25, -0.2) is 0 Å². The Balaban J connectivity index is 2.32. The number of rotatable bonds is 2. The Labute approximate surface area is 83.2 Å². The highest BCUT2D eigenvalue weighted by Gasteiger charge is 2.15. The molecule has 1 heterocycles. The third-order valence-electron chi connectivity index (χ3n) is 2.12. The lowest BCUT2D eigenvalue weighted by Crippen LogP contribution is -2.12. The molecule has 0 spiro atoms. The van der Waals surface area contributed by atoms with Crippen LogP contribution >= 0.6 is 0 Å². The van der Waals surface area contributed by atoms with E-state index < -0.39 is 0 Å². The van der Waals surface area contributed by atoms with Gasteiger partial charge < -0.3 is 20.1 Å². The summed E-state index contributed by atoms with van der Waals surface area (Å²) in [5.41, 5.74) is 7.70. The van der Waals surface area contributed by atoms with Crippen LogP contribution in [0.2, 0.25) is 0 Å². The van der Waals surface area contributed by atoms with Gasteiger partial charge in [-0.2, -0.15) is 0 Å². The summed E-state index contributed by atoms with van der Waals surface area (Å²) in [4.78, 5) is 2.06. The van der Waals surface area contributed by atoms with E-state index >= 15 is 0 Å². The van der Waals surface area contributed by atoms with Crippen LogP contribution in [0, 0.1) is 0 Å². The first kappa shape index (κ1) is 9.15. The molecule has 0 saturated heterocycles. The minimum Gasteiger partial charge on any atom is -0.454 e. The number of nitrogen functional groups attached to an aromatic ring is 1. The molecule has 0 fully saturated rings. The molecule has 1 aliphatic heterocycles. The Morgan fingerprint density at radius 2 is 1.93 bits per heavy atom. The first-order chi connectivity index (χ1) is 6.66. The third kappa shape index (κ3) is 1.61. The highest BCUT2D eigenvalue weighted by atomic mass is 16.7. The highest BCUT2D eigenvalue weighted by molar-refractivity contribution is 5.58. The molecular weight excluding hydrogens is 180 g/mol. The summed E-state index contributed by atoms with van der Waals surface area (Å²) in [5.74, 6) is 1.53. The van der Waals surface area contributed by atoms with Gasteiger partial charge in [0.15, 0.2) is 11.5 Å². The Morgan fingerprint density at radius 1 is 1.29 bits per heavy atom. The van der Waals surface area contributed by atoms with E-state index in [0.717, 1.165) is 29.3 Å². The first-order valence-electron chi connectivity index (χ1n) is 4.49. The van der Waals surface area contributed by atoms with Gasteiger partial charge in [0, 0.05) is 18.3 Å². The van der Waals surface area contributed by atoms with E-state index in [1.807, 2.05) is 26.2 Å². The summed E-state index contributed by atoms with van der Waals surface area (Å²) in [7, 11) is 4.01. The van der Waals surface area contributed by atoms with E-state index in [1.54, 1.807) is 0 Å². The van der Waals surface area contributed by atoms with Crippen LogP contribution in [0.15, 0.2) is 12.1 Å². The van der Waals surface area contributed by atoms with Crippen molar-refractivity contribution in [2.24, 2.45) is 0 Å². The predicted octanol–water partition coefficient (Wildman–Crippen LogP) is 1.06. The van der Waals surface area contributed by atoms with E-state index in [0.29, 0.717) is 6.79 Å². The Bertz CT molecular complexity index is 350. The van der Waals surface area contributed by atoms with Crippen molar-refractivity contribution in [2.45, 2.75) is 6.54 Å². The second kappa shape index (κ2) is 3.38. The molecule has 1 aliphatic rings. The van der Waals surface area contributed by atoms with Crippen molar-refractivity contribution in [1.29, 1.82) is 0 Å². The van der Waals surface area contributed by atoms with Crippen LogP contribution < -0.4 is 15.2 Å². The molecule has 0 bridgehead atoms. The summed E-state index contributed by atoms with van der Waals surface area (Å²) >= 11 is 0. The number of anilines is 1. The van der Waals surface area contributed by atoms with Crippen LogP contribution in [0.3, 0.4) is 0 Å². The topological polar surface area (TPSA) is 47.7 Å². The number of hydrogen-bond donors (Lipinski definition) is 1. The molecule has 4 nitrogen and oxygen atoms in total. The maximum Gasteiger partial charge on any atom is 0.231 e. The van der Waals surface area contributed by atoms with Gasteiger partial charge in [0.05, 0.1) is 0 Å². The number of nitrogens with two attached hydrogens (primary N) is 1. The van der Waals surface area contributed by atoms with Crippen molar-refractivity contribution in [3.05, 3.63) is 17.7 Å². The third-order valence-corrected chi connectivity index (χ3v) is 2.12. The number of nitrogens with zero attached hydrogens (tertiary/aromatic N) is 1. The molecule has 0 unspecified atom stereocenters. The maximum atomic E-state index is 5.88. The van der Waals surface area contributed by atoms with Gasteiger partial charge in [-0.05, 0) is 25.7 Å². The smallest absolute Gasteiger partial charge is 0.231 e. The van der Waals surface area contributed by atoms with Crippen molar-refractivity contribution in [3.8, 4) is 11.5 Å². The van der Waals surface area contributed by atoms with Crippen molar-refractivity contribution < 1.29 is 9.47 Å². The molecule has 2 N–H and O–H groups in total. The standard InChI is InChI=1S/C10H14N2O2/c1-12(2)5-7-3-9-10(4-8(7)11)14-6-13-9/h3-4H,5-6,11H2,1-2H3. The van der Waals surface area contributed by atoms with Crippen LogP contribution in [0.5, 0.6) is 11.5 Å². The molecule has 0 radical (unpaired) electrons.